The predicted molar refractivity (Wildman–Crippen MR) is 79.2 cm³/mol. The van der Waals surface area contributed by atoms with Crippen LogP contribution in [-0.2, 0) is 10.2 Å². The second kappa shape index (κ2) is 5.75. The van der Waals surface area contributed by atoms with Crippen molar-refractivity contribution in [2.24, 2.45) is 0 Å². The lowest BCUT2D eigenvalue weighted by Gasteiger charge is -2.19. The molecule has 0 amide bonds. The summed E-state index contributed by atoms with van der Waals surface area (Å²) in [6, 6.07) is 3.93. The van der Waals surface area contributed by atoms with Crippen LogP contribution in [0.2, 0.25) is 0 Å². The lowest BCUT2D eigenvalue weighted by atomic mass is 9.96. The van der Waals surface area contributed by atoms with E-state index in [0.717, 1.165) is 36.9 Å². The molecule has 2 aromatic rings. The first-order chi connectivity index (χ1) is 9.43. The maximum Gasteiger partial charge on any atom is 0.178 e. The van der Waals surface area contributed by atoms with Crippen molar-refractivity contribution in [2.75, 3.05) is 32.2 Å². The summed E-state index contributed by atoms with van der Waals surface area (Å²) in [6.45, 7) is 7.99. The Bertz CT molecular complexity index is 572. The number of methoxy groups -OCH3 is 1. The Balaban J connectivity index is 2.27. The van der Waals surface area contributed by atoms with E-state index in [4.69, 9.17) is 4.74 Å². The molecular weight excluding hydrogens is 254 g/mol. The van der Waals surface area contributed by atoms with E-state index in [2.05, 4.69) is 41.0 Å². The number of rotatable bonds is 5. The van der Waals surface area contributed by atoms with E-state index in [1.807, 2.05) is 23.7 Å². The average molecular weight is 277 g/mol. The van der Waals surface area contributed by atoms with Crippen molar-refractivity contribution in [1.82, 2.24) is 19.8 Å². The molecule has 2 aromatic heterocycles. The van der Waals surface area contributed by atoms with Crippen LogP contribution in [0.15, 0.2) is 12.1 Å². The van der Waals surface area contributed by atoms with Crippen molar-refractivity contribution >= 4 is 11.5 Å². The predicted octanol–water partition coefficient (Wildman–Crippen LogP) is 1.89. The Morgan fingerprint density at radius 1 is 1.25 bits per heavy atom. The Morgan fingerprint density at radius 2 is 2.00 bits per heavy atom. The lowest BCUT2D eigenvalue weighted by Crippen LogP contribution is -2.23. The van der Waals surface area contributed by atoms with Crippen molar-refractivity contribution < 1.29 is 4.74 Å². The number of aromatic nitrogens is 4. The second-order valence-corrected chi connectivity index (χ2v) is 6.00. The van der Waals surface area contributed by atoms with Crippen LogP contribution in [0.5, 0.6) is 0 Å². The summed E-state index contributed by atoms with van der Waals surface area (Å²) < 4.78 is 6.91. The molecule has 0 aromatic carbocycles. The fraction of sp³-hybridized carbons (Fsp3) is 0.643. The van der Waals surface area contributed by atoms with E-state index in [0.29, 0.717) is 0 Å². The molecule has 2 rings (SSSR count). The zero-order valence-corrected chi connectivity index (χ0v) is 12.9. The van der Waals surface area contributed by atoms with E-state index >= 15 is 0 Å². The van der Waals surface area contributed by atoms with E-state index in [9.17, 15) is 0 Å². The summed E-state index contributed by atoms with van der Waals surface area (Å²) in [5, 5.41) is 13.1. The first kappa shape index (κ1) is 14.7. The van der Waals surface area contributed by atoms with Gasteiger partial charge in [0.05, 0.1) is 0 Å². The zero-order chi connectivity index (χ0) is 14.8. The molecule has 0 radical (unpaired) electrons. The van der Waals surface area contributed by atoms with Gasteiger partial charge in [0, 0.05) is 32.7 Å². The van der Waals surface area contributed by atoms with Crippen LogP contribution in [0, 0.1) is 0 Å². The second-order valence-electron chi connectivity index (χ2n) is 6.00. The number of hydrogen-bond acceptors (Lipinski definition) is 5. The van der Waals surface area contributed by atoms with Crippen LogP contribution in [0.1, 0.15) is 33.0 Å². The molecule has 0 spiro atoms. The summed E-state index contributed by atoms with van der Waals surface area (Å²) >= 11 is 0. The third kappa shape index (κ3) is 3.07. The summed E-state index contributed by atoms with van der Waals surface area (Å²) in [4.78, 5) is 2.12. The highest BCUT2D eigenvalue weighted by Gasteiger charge is 2.22. The maximum absolute atomic E-state index is 5.08. The number of anilines is 1. The Hall–Kier alpha value is -1.69. The highest BCUT2D eigenvalue weighted by atomic mass is 16.5. The van der Waals surface area contributed by atoms with Crippen molar-refractivity contribution in [3.63, 3.8) is 0 Å². The molecule has 0 bridgehead atoms. The molecule has 0 atom stereocenters. The Morgan fingerprint density at radius 3 is 2.65 bits per heavy atom. The SMILES string of the molecule is COCCCN(C)c1ccc2nnc(C(C)(C)C)n2n1. The van der Waals surface area contributed by atoms with Gasteiger partial charge in [0.1, 0.15) is 5.82 Å². The summed E-state index contributed by atoms with van der Waals surface area (Å²) in [6.07, 6.45) is 0.973. The van der Waals surface area contributed by atoms with Crippen molar-refractivity contribution in [1.29, 1.82) is 0 Å². The minimum absolute atomic E-state index is 0.0837. The van der Waals surface area contributed by atoms with E-state index in [-0.39, 0.29) is 5.41 Å². The number of fused-ring (bicyclic) bond motifs is 1. The van der Waals surface area contributed by atoms with Crippen LogP contribution in [0.3, 0.4) is 0 Å². The monoisotopic (exact) mass is 277 g/mol. The topological polar surface area (TPSA) is 55.5 Å². The first-order valence-corrected chi connectivity index (χ1v) is 6.86. The molecule has 2 heterocycles. The molecule has 6 heteroatoms. The largest absolute Gasteiger partial charge is 0.385 e. The lowest BCUT2D eigenvalue weighted by molar-refractivity contribution is 0.196. The van der Waals surface area contributed by atoms with E-state index in [1.54, 1.807) is 7.11 Å². The molecule has 0 N–H and O–H groups in total. The van der Waals surface area contributed by atoms with Crippen molar-refractivity contribution in [3.05, 3.63) is 18.0 Å². The van der Waals surface area contributed by atoms with Gasteiger partial charge in [-0.25, -0.2) is 0 Å². The van der Waals surface area contributed by atoms with Crippen LogP contribution < -0.4 is 4.90 Å². The quantitative estimate of drug-likeness (QED) is 0.781. The van der Waals surface area contributed by atoms with Gasteiger partial charge in [0.2, 0.25) is 0 Å². The molecule has 6 nitrogen and oxygen atoms in total. The molecule has 110 valence electrons. The maximum atomic E-state index is 5.08. The van der Waals surface area contributed by atoms with Gasteiger partial charge in [-0.15, -0.1) is 15.3 Å². The molecule has 0 fully saturated rings. The van der Waals surface area contributed by atoms with Crippen molar-refractivity contribution in [3.8, 4) is 0 Å². The Labute approximate surface area is 119 Å². The first-order valence-electron chi connectivity index (χ1n) is 6.86. The average Bonchev–Trinajstić information content (AvgIpc) is 2.81. The van der Waals surface area contributed by atoms with E-state index < -0.39 is 0 Å². The minimum Gasteiger partial charge on any atom is -0.385 e. The molecular formula is C14H23N5O. The van der Waals surface area contributed by atoms with Crippen LogP contribution in [0.4, 0.5) is 5.82 Å². The van der Waals surface area contributed by atoms with Gasteiger partial charge in [0.15, 0.2) is 11.5 Å². The van der Waals surface area contributed by atoms with E-state index in [1.165, 1.54) is 0 Å². The van der Waals surface area contributed by atoms with Gasteiger partial charge in [-0.3, -0.25) is 0 Å². The van der Waals surface area contributed by atoms with Gasteiger partial charge in [-0.05, 0) is 18.6 Å². The van der Waals surface area contributed by atoms with Crippen LogP contribution in [-0.4, -0.2) is 47.1 Å². The summed E-state index contributed by atoms with van der Waals surface area (Å²) in [7, 11) is 3.75. The number of nitrogens with zero attached hydrogens (tertiary/aromatic N) is 5. The fourth-order valence-electron chi connectivity index (χ4n) is 2.01. The molecule has 0 saturated heterocycles. The van der Waals surface area contributed by atoms with Crippen LogP contribution >= 0.6 is 0 Å². The van der Waals surface area contributed by atoms with Crippen molar-refractivity contribution in [2.45, 2.75) is 32.6 Å². The zero-order valence-electron chi connectivity index (χ0n) is 12.9. The van der Waals surface area contributed by atoms with Gasteiger partial charge >= 0.3 is 0 Å². The third-order valence-electron chi connectivity index (χ3n) is 3.15. The molecule has 0 aliphatic carbocycles. The number of ether oxygens (including phenoxy) is 1. The standard InChI is InChI=1S/C14H23N5O/c1-14(2,3)13-16-15-11-7-8-12(17-19(11)13)18(4)9-6-10-20-5/h7-8H,6,9-10H2,1-5H3. The minimum atomic E-state index is -0.0837. The third-order valence-corrected chi connectivity index (χ3v) is 3.15. The molecule has 20 heavy (non-hydrogen) atoms. The molecule has 0 aliphatic rings. The van der Waals surface area contributed by atoms with Crippen LogP contribution in [0.25, 0.3) is 5.65 Å². The summed E-state index contributed by atoms with van der Waals surface area (Å²) in [5.74, 6) is 1.79. The highest BCUT2D eigenvalue weighted by molar-refractivity contribution is 5.45. The smallest absolute Gasteiger partial charge is 0.178 e. The molecule has 0 unspecified atom stereocenters. The Kier molecular flexibility index (Phi) is 4.23. The summed E-state index contributed by atoms with van der Waals surface area (Å²) in [5.41, 5.74) is 0.698. The van der Waals surface area contributed by atoms with Gasteiger partial charge < -0.3 is 9.64 Å². The highest BCUT2D eigenvalue weighted by Crippen LogP contribution is 2.21. The molecule has 0 saturated carbocycles. The molecule has 0 aliphatic heterocycles. The fourth-order valence-corrected chi connectivity index (χ4v) is 2.01. The van der Waals surface area contributed by atoms with Gasteiger partial charge in [-0.2, -0.15) is 4.52 Å². The number of hydrogen-bond donors (Lipinski definition) is 0. The van der Waals surface area contributed by atoms with Gasteiger partial charge in [0.25, 0.3) is 0 Å². The normalized spacial score (nSPS) is 12.1. The van der Waals surface area contributed by atoms with Gasteiger partial charge in [-0.1, -0.05) is 20.8 Å².